The fourth-order valence-electron chi connectivity index (χ4n) is 3.53. The molecule has 0 saturated heterocycles. The van der Waals surface area contributed by atoms with Gasteiger partial charge in [-0.25, -0.2) is 0 Å². The molecule has 0 aliphatic rings. The van der Waals surface area contributed by atoms with E-state index < -0.39 is 0 Å². The van der Waals surface area contributed by atoms with E-state index in [1.54, 1.807) is 0 Å². The van der Waals surface area contributed by atoms with Crippen molar-refractivity contribution in [1.29, 1.82) is 0 Å². The van der Waals surface area contributed by atoms with Crippen LogP contribution in [0, 0.1) is 6.92 Å². The van der Waals surface area contributed by atoms with Gasteiger partial charge in [0.1, 0.15) is 17.1 Å². The molecule has 4 rings (SSSR count). The number of Topliss-reactive ketones (excluding diaryl/α,β-unsaturated/α-hetero) is 1. The third-order valence-corrected chi connectivity index (χ3v) is 5.05. The van der Waals surface area contributed by atoms with Crippen LogP contribution in [0.15, 0.2) is 77.3 Å². The third kappa shape index (κ3) is 4.04. The second-order valence-corrected chi connectivity index (χ2v) is 7.39. The molecule has 3 heteroatoms. The molecule has 0 radical (unpaired) electrons. The first-order chi connectivity index (χ1) is 13.6. The highest BCUT2D eigenvalue weighted by atomic mass is 16.3. The number of para-hydroxylation sites is 1. The van der Waals surface area contributed by atoms with E-state index in [1.807, 2.05) is 68.6 Å². The van der Waals surface area contributed by atoms with Crippen LogP contribution >= 0.6 is 0 Å². The molecule has 2 aromatic heterocycles. The van der Waals surface area contributed by atoms with Crippen molar-refractivity contribution in [3.05, 3.63) is 89.9 Å². The smallest absolute Gasteiger partial charge is 0.137 e. The maximum Gasteiger partial charge on any atom is 0.137 e. The van der Waals surface area contributed by atoms with Crippen LogP contribution in [-0.4, -0.2) is 10.8 Å². The highest BCUT2D eigenvalue weighted by Crippen LogP contribution is 2.27. The van der Waals surface area contributed by atoms with Crippen molar-refractivity contribution in [3.8, 4) is 11.1 Å². The van der Waals surface area contributed by atoms with Crippen molar-refractivity contribution in [1.82, 2.24) is 4.98 Å². The van der Waals surface area contributed by atoms with Crippen LogP contribution in [0.5, 0.6) is 0 Å². The molecule has 3 nitrogen and oxygen atoms in total. The Hall–Kier alpha value is -3.20. The Bertz CT molecular complexity index is 1080. The lowest BCUT2D eigenvalue weighted by molar-refractivity contribution is -0.118. The Morgan fingerprint density at radius 3 is 2.54 bits per heavy atom. The molecule has 0 fully saturated rings. The SMILES string of the molecule is Cc1cc(-c2ccc(CC(=O)CC(C)c3cc4ccccc4o3)cc2)ccn1. The lowest BCUT2D eigenvalue weighted by Gasteiger charge is -2.08. The van der Waals surface area contributed by atoms with E-state index >= 15 is 0 Å². The van der Waals surface area contributed by atoms with Gasteiger partial charge < -0.3 is 4.42 Å². The third-order valence-electron chi connectivity index (χ3n) is 5.05. The number of benzene rings is 2. The molecule has 1 atom stereocenters. The van der Waals surface area contributed by atoms with E-state index in [-0.39, 0.29) is 11.7 Å². The molecular formula is C25H23NO2. The van der Waals surface area contributed by atoms with E-state index in [1.165, 1.54) is 0 Å². The molecule has 0 aliphatic heterocycles. The fourth-order valence-corrected chi connectivity index (χ4v) is 3.53. The number of aryl methyl sites for hydroxylation is 1. The number of rotatable bonds is 6. The maximum atomic E-state index is 12.6. The summed E-state index contributed by atoms with van der Waals surface area (Å²) >= 11 is 0. The predicted octanol–water partition coefficient (Wildman–Crippen LogP) is 6.11. The summed E-state index contributed by atoms with van der Waals surface area (Å²) in [5, 5.41) is 1.08. The minimum absolute atomic E-state index is 0.0685. The minimum atomic E-state index is 0.0685. The Labute approximate surface area is 165 Å². The quantitative estimate of drug-likeness (QED) is 0.412. The van der Waals surface area contributed by atoms with Gasteiger partial charge in [0.2, 0.25) is 0 Å². The number of carbonyl (C=O) groups excluding carboxylic acids is 1. The molecule has 0 aliphatic carbocycles. The van der Waals surface area contributed by atoms with E-state index in [9.17, 15) is 4.79 Å². The summed E-state index contributed by atoms with van der Waals surface area (Å²) in [5.74, 6) is 1.16. The zero-order valence-electron chi connectivity index (χ0n) is 16.2. The number of hydrogen-bond donors (Lipinski definition) is 0. The lowest BCUT2D eigenvalue weighted by atomic mass is 9.96. The maximum absolute atomic E-state index is 12.6. The minimum Gasteiger partial charge on any atom is -0.461 e. The molecule has 0 bridgehead atoms. The molecule has 28 heavy (non-hydrogen) atoms. The van der Waals surface area contributed by atoms with Crippen molar-refractivity contribution in [2.24, 2.45) is 0 Å². The normalized spacial score (nSPS) is 12.2. The van der Waals surface area contributed by atoms with Crippen molar-refractivity contribution in [2.75, 3.05) is 0 Å². The average Bonchev–Trinajstić information content (AvgIpc) is 3.13. The van der Waals surface area contributed by atoms with Gasteiger partial charge in [-0.2, -0.15) is 0 Å². The van der Waals surface area contributed by atoms with Gasteiger partial charge >= 0.3 is 0 Å². The number of hydrogen-bond acceptors (Lipinski definition) is 3. The average molecular weight is 369 g/mol. The molecule has 0 N–H and O–H groups in total. The van der Waals surface area contributed by atoms with Gasteiger partial charge in [0.05, 0.1) is 0 Å². The zero-order valence-corrected chi connectivity index (χ0v) is 16.2. The molecule has 140 valence electrons. The molecule has 0 saturated carbocycles. The molecule has 2 heterocycles. The van der Waals surface area contributed by atoms with Gasteiger partial charge in [0.15, 0.2) is 0 Å². The summed E-state index contributed by atoms with van der Waals surface area (Å²) in [6, 6.07) is 22.3. The van der Waals surface area contributed by atoms with Crippen molar-refractivity contribution >= 4 is 16.8 Å². The topological polar surface area (TPSA) is 43.1 Å². The van der Waals surface area contributed by atoms with Crippen LogP contribution in [0.3, 0.4) is 0 Å². The Kier molecular flexibility index (Phi) is 5.07. The van der Waals surface area contributed by atoms with Crippen molar-refractivity contribution in [2.45, 2.75) is 32.6 Å². The number of pyridine rings is 1. The molecule has 1 unspecified atom stereocenters. The van der Waals surface area contributed by atoms with Crippen LogP contribution < -0.4 is 0 Å². The summed E-state index contributed by atoms with van der Waals surface area (Å²) in [5.41, 5.74) is 5.19. The second kappa shape index (κ2) is 7.81. The Morgan fingerprint density at radius 2 is 1.79 bits per heavy atom. The van der Waals surface area contributed by atoms with Crippen LogP contribution in [0.4, 0.5) is 0 Å². The van der Waals surface area contributed by atoms with Crippen LogP contribution in [-0.2, 0) is 11.2 Å². The summed E-state index contributed by atoms with van der Waals surface area (Å²) in [4.78, 5) is 16.8. The molecule has 0 amide bonds. The number of aromatic nitrogens is 1. The number of nitrogens with zero attached hydrogens (tertiary/aromatic N) is 1. The molecule has 0 spiro atoms. The first kappa shape index (κ1) is 18.2. The van der Waals surface area contributed by atoms with Crippen LogP contribution in [0.2, 0.25) is 0 Å². The van der Waals surface area contributed by atoms with Crippen LogP contribution in [0.1, 0.15) is 36.3 Å². The number of fused-ring (bicyclic) bond motifs is 1. The van der Waals surface area contributed by atoms with E-state index in [4.69, 9.17) is 4.42 Å². The van der Waals surface area contributed by atoms with E-state index in [0.717, 1.165) is 39.1 Å². The predicted molar refractivity (Wildman–Crippen MR) is 112 cm³/mol. The largest absolute Gasteiger partial charge is 0.461 e. The summed E-state index contributed by atoms with van der Waals surface area (Å²) in [7, 11) is 0. The first-order valence-electron chi connectivity index (χ1n) is 9.60. The summed E-state index contributed by atoms with van der Waals surface area (Å²) in [6.45, 7) is 4.03. The van der Waals surface area contributed by atoms with Gasteiger partial charge in [0, 0.05) is 36.0 Å². The summed E-state index contributed by atoms with van der Waals surface area (Å²) < 4.78 is 5.90. The van der Waals surface area contributed by atoms with Gasteiger partial charge in [-0.1, -0.05) is 49.4 Å². The molecule has 4 aromatic rings. The Balaban J connectivity index is 1.40. The Morgan fingerprint density at radius 1 is 1.00 bits per heavy atom. The van der Waals surface area contributed by atoms with Gasteiger partial charge in [0.25, 0.3) is 0 Å². The second-order valence-electron chi connectivity index (χ2n) is 7.39. The number of furan rings is 1. The van der Waals surface area contributed by atoms with Crippen molar-refractivity contribution in [3.63, 3.8) is 0 Å². The van der Waals surface area contributed by atoms with E-state index in [2.05, 4.69) is 23.2 Å². The van der Waals surface area contributed by atoms with Gasteiger partial charge in [-0.15, -0.1) is 0 Å². The number of ketones is 1. The van der Waals surface area contributed by atoms with Gasteiger partial charge in [-0.05, 0) is 47.9 Å². The standard InChI is InChI=1S/C25H23NO2/c1-17(25-16-22-5-3-4-6-24(22)28-25)13-23(27)15-19-7-9-20(10-8-19)21-11-12-26-18(2)14-21/h3-12,14,16-17H,13,15H2,1-2H3. The fraction of sp³-hybridized carbons (Fsp3) is 0.200. The zero-order chi connectivity index (χ0) is 19.5. The monoisotopic (exact) mass is 369 g/mol. The lowest BCUT2D eigenvalue weighted by Crippen LogP contribution is -2.07. The summed E-state index contributed by atoms with van der Waals surface area (Å²) in [6.07, 6.45) is 2.74. The highest BCUT2D eigenvalue weighted by Gasteiger charge is 2.16. The number of carbonyl (C=O) groups is 1. The highest BCUT2D eigenvalue weighted by molar-refractivity contribution is 5.82. The van der Waals surface area contributed by atoms with Gasteiger partial charge in [-0.3, -0.25) is 9.78 Å². The first-order valence-corrected chi connectivity index (χ1v) is 9.60. The van der Waals surface area contributed by atoms with Crippen LogP contribution in [0.25, 0.3) is 22.1 Å². The van der Waals surface area contributed by atoms with E-state index in [0.29, 0.717) is 12.8 Å². The molecular weight excluding hydrogens is 346 g/mol. The molecule has 2 aromatic carbocycles. The van der Waals surface area contributed by atoms with Crippen molar-refractivity contribution < 1.29 is 9.21 Å².